The smallest absolute Gasteiger partial charge is 0.222 e. The van der Waals surface area contributed by atoms with Gasteiger partial charge in [-0.15, -0.1) is 0 Å². The molecule has 0 radical (unpaired) electrons. The van der Waals surface area contributed by atoms with E-state index in [0.29, 0.717) is 0 Å². The van der Waals surface area contributed by atoms with Gasteiger partial charge >= 0.3 is 0 Å². The second-order valence-electron chi connectivity index (χ2n) is 3.03. The van der Waals surface area contributed by atoms with E-state index in [1.807, 2.05) is 0 Å². The number of benzene rings is 1. The van der Waals surface area contributed by atoms with E-state index in [0.717, 1.165) is 6.20 Å². The summed E-state index contributed by atoms with van der Waals surface area (Å²) >= 11 is 0. The summed E-state index contributed by atoms with van der Waals surface area (Å²) in [7, 11) is 0. The highest BCUT2D eigenvalue weighted by atomic mass is 19.1. The van der Waals surface area contributed by atoms with Gasteiger partial charge in [0.25, 0.3) is 0 Å². The second-order valence-corrected chi connectivity index (χ2v) is 3.03. The highest BCUT2D eigenvalue weighted by Crippen LogP contribution is 2.20. The molecule has 0 aliphatic heterocycles. The van der Waals surface area contributed by atoms with E-state index in [4.69, 9.17) is 5.73 Å². The van der Waals surface area contributed by atoms with E-state index in [-0.39, 0.29) is 17.5 Å². The van der Waals surface area contributed by atoms with Crippen LogP contribution in [0.5, 0.6) is 0 Å². The third-order valence-electron chi connectivity index (χ3n) is 1.89. The van der Waals surface area contributed by atoms with Gasteiger partial charge in [0.1, 0.15) is 5.82 Å². The van der Waals surface area contributed by atoms with Gasteiger partial charge < -0.3 is 11.1 Å². The number of hydrogen-bond acceptors (Lipinski definition) is 4. The zero-order valence-corrected chi connectivity index (χ0v) is 8.11. The molecule has 0 fully saturated rings. The fourth-order valence-corrected chi connectivity index (χ4v) is 1.16. The Morgan fingerprint density at radius 3 is 2.62 bits per heavy atom. The summed E-state index contributed by atoms with van der Waals surface area (Å²) in [6, 6.07) is 5.87. The van der Waals surface area contributed by atoms with Gasteiger partial charge in [0.2, 0.25) is 5.95 Å². The highest BCUT2D eigenvalue weighted by molar-refractivity contribution is 5.57. The first-order valence-electron chi connectivity index (χ1n) is 4.46. The molecule has 0 spiro atoms. The number of aromatic nitrogens is 2. The normalized spacial score (nSPS) is 10.1. The summed E-state index contributed by atoms with van der Waals surface area (Å²) in [6.45, 7) is 0. The molecule has 2 rings (SSSR count). The predicted octanol–water partition coefficient (Wildman–Crippen LogP) is 2.08. The van der Waals surface area contributed by atoms with Crippen molar-refractivity contribution in [3.8, 4) is 0 Å². The zero-order valence-electron chi connectivity index (χ0n) is 8.11. The van der Waals surface area contributed by atoms with E-state index in [2.05, 4.69) is 15.3 Å². The SMILES string of the molecule is Nc1ncc(F)c(Nc2ccccc2F)n1. The number of nitrogen functional groups attached to an aromatic ring is 1. The van der Waals surface area contributed by atoms with Crippen LogP contribution in [0.3, 0.4) is 0 Å². The summed E-state index contributed by atoms with van der Waals surface area (Å²) in [5.74, 6) is -1.44. The van der Waals surface area contributed by atoms with Crippen LogP contribution in [0.4, 0.5) is 26.2 Å². The van der Waals surface area contributed by atoms with Gasteiger partial charge in [0.15, 0.2) is 11.6 Å². The molecule has 0 unspecified atom stereocenters. The molecule has 0 atom stereocenters. The van der Waals surface area contributed by atoms with Crippen molar-refractivity contribution in [1.29, 1.82) is 0 Å². The molecule has 6 heteroatoms. The van der Waals surface area contributed by atoms with Gasteiger partial charge in [-0.2, -0.15) is 4.98 Å². The summed E-state index contributed by atoms with van der Waals surface area (Å²) in [4.78, 5) is 7.08. The van der Waals surface area contributed by atoms with Gasteiger partial charge in [-0.25, -0.2) is 13.8 Å². The van der Waals surface area contributed by atoms with Crippen molar-refractivity contribution in [3.63, 3.8) is 0 Å². The van der Waals surface area contributed by atoms with E-state index in [1.165, 1.54) is 18.2 Å². The Balaban J connectivity index is 2.34. The first kappa shape index (κ1) is 10.3. The van der Waals surface area contributed by atoms with Crippen LogP contribution in [-0.4, -0.2) is 9.97 Å². The average Bonchev–Trinajstić information content (AvgIpc) is 2.27. The molecule has 0 amide bonds. The van der Waals surface area contributed by atoms with Gasteiger partial charge in [-0.05, 0) is 12.1 Å². The number of nitrogens with one attached hydrogen (secondary N) is 1. The summed E-state index contributed by atoms with van der Waals surface area (Å²) in [6.07, 6.45) is 0.922. The molecule has 1 aromatic heterocycles. The fourth-order valence-electron chi connectivity index (χ4n) is 1.16. The van der Waals surface area contributed by atoms with Crippen molar-refractivity contribution >= 4 is 17.5 Å². The number of anilines is 3. The van der Waals surface area contributed by atoms with Crippen molar-refractivity contribution in [3.05, 3.63) is 42.1 Å². The first-order valence-corrected chi connectivity index (χ1v) is 4.46. The van der Waals surface area contributed by atoms with Crippen LogP contribution in [0, 0.1) is 11.6 Å². The van der Waals surface area contributed by atoms with Gasteiger partial charge in [-0.3, -0.25) is 0 Å². The largest absolute Gasteiger partial charge is 0.368 e. The van der Waals surface area contributed by atoms with Gasteiger partial charge in [0, 0.05) is 0 Å². The van der Waals surface area contributed by atoms with Crippen LogP contribution in [0.2, 0.25) is 0 Å². The lowest BCUT2D eigenvalue weighted by Crippen LogP contribution is -2.03. The molecule has 0 aliphatic rings. The van der Waals surface area contributed by atoms with Gasteiger partial charge in [-0.1, -0.05) is 12.1 Å². The summed E-state index contributed by atoms with van der Waals surface area (Å²) in [5.41, 5.74) is 5.42. The van der Waals surface area contributed by atoms with Crippen LogP contribution in [-0.2, 0) is 0 Å². The lowest BCUT2D eigenvalue weighted by Gasteiger charge is -2.07. The third-order valence-corrected chi connectivity index (χ3v) is 1.89. The molecular weight excluding hydrogens is 214 g/mol. The van der Waals surface area contributed by atoms with Crippen molar-refractivity contribution < 1.29 is 8.78 Å². The zero-order chi connectivity index (χ0) is 11.5. The highest BCUT2D eigenvalue weighted by Gasteiger charge is 2.07. The average molecular weight is 222 g/mol. The van der Waals surface area contributed by atoms with Gasteiger partial charge in [0.05, 0.1) is 11.9 Å². The number of halogens is 2. The monoisotopic (exact) mass is 222 g/mol. The van der Waals surface area contributed by atoms with Crippen molar-refractivity contribution in [1.82, 2.24) is 9.97 Å². The Labute approximate surface area is 90.1 Å². The maximum absolute atomic E-state index is 13.2. The molecule has 1 heterocycles. The Morgan fingerprint density at radius 2 is 1.88 bits per heavy atom. The molecule has 3 N–H and O–H groups in total. The topological polar surface area (TPSA) is 63.8 Å². The Hall–Kier alpha value is -2.24. The predicted molar refractivity (Wildman–Crippen MR) is 56.1 cm³/mol. The molecule has 1 aromatic carbocycles. The van der Waals surface area contributed by atoms with E-state index in [9.17, 15) is 8.78 Å². The van der Waals surface area contributed by atoms with E-state index in [1.54, 1.807) is 6.07 Å². The summed E-state index contributed by atoms with van der Waals surface area (Å²) in [5, 5.41) is 2.50. The molecule has 0 saturated heterocycles. The van der Waals surface area contributed by atoms with Crippen LogP contribution in [0.15, 0.2) is 30.5 Å². The van der Waals surface area contributed by atoms with Crippen LogP contribution < -0.4 is 11.1 Å². The molecule has 0 saturated carbocycles. The van der Waals surface area contributed by atoms with Crippen molar-refractivity contribution in [2.45, 2.75) is 0 Å². The molecule has 0 aliphatic carbocycles. The quantitative estimate of drug-likeness (QED) is 0.816. The van der Waals surface area contributed by atoms with Crippen LogP contribution >= 0.6 is 0 Å². The number of rotatable bonds is 2. The van der Waals surface area contributed by atoms with E-state index < -0.39 is 11.6 Å². The van der Waals surface area contributed by atoms with Crippen LogP contribution in [0.25, 0.3) is 0 Å². The Bertz CT molecular complexity index is 516. The molecule has 82 valence electrons. The number of nitrogens with two attached hydrogens (primary N) is 1. The fraction of sp³-hybridized carbons (Fsp3) is 0. The third kappa shape index (κ3) is 2.05. The molecule has 0 bridgehead atoms. The molecule has 4 nitrogen and oxygen atoms in total. The second kappa shape index (κ2) is 4.09. The Morgan fingerprint density at radius 1 is 1.12 bits per heavy atom. The lowest BCUT2D eigenvalue weighted by atomic mass is 10.3. The molecule has 16 heavy (non-hydrogen) atoms. The molecule has 2 aromatic rings. The first-order chi connectivity index (χ1) is 7.66. The molecular formula is C10H8F2N4. The minimum absolute atomic E-state index is 0.0831. The number of para-hydroxylation sites is 1. The standard InChI is InChI=1S/C10H8F2N4/c11-6-3-1-2-4-8(6)15-9-7(12)5-14-10(13)16-9/h1-5H,(H3,13,14,15,16). The maximum Gasteiger partial charge on any atom is 0.222 e. The Kier molecular flexibility index (Phi) is 2.63. The van der Waals surface area contributed by atoms with E-state index >= 15 is 0 Å². The number of nitrogens with zero attached hydrogens (tertiary/aromatic N) is 2. The van der Waals surface area contributed by atoms with Crippen molar-refractivity contribution in [2.24, 2.45) is 0 Å². The minimum atomic E-state index is -0.697. The lowest BCUT2D eigenvalue weighted by molar-refractivity contribution is 0.616. The minimum Gasteiger partial charge on any atom is -0.368 e. The van der Waals surface area contributed by atoms with Crippen molar-refractivity contribution in [2.75, 3.05) is 11.1 Å². The maximum atomic E-state index is 13.2. The van der Waals surface area contributed by atoms with Crippen LogP contribution in [0.1, 0.15) is 0 Å². The summed E-state index contributed by atoms with van der Waals surface area (Å²) < 4.78 is 26.5. The number of hydrogen-bond donors (Lipinski definition) is 2.